The number of hydrogen-bond donors (Lipinski definition) is 2. The molecule has 1 aromatic heterocycles. The van der Waals surface area contributed by atoms with Crippen molar-refractivity contribution in [1.29, 1.82) is 0 Å². The lowest BCUT2D eigenvalue weighted by atomic mass is 10.3. The Morgan fingerprint density at radius 1 is 1.22 bits per heavy atom. The van der Waals surface area contributed by atoms with Crippen LogP contribution in [0.4, 0.5) is 5.69 Å². The maximum Gasteiger partial charge on any atom is 0.328 e. The number of hydrogen-bond acceptors (Lipinski definition) is 3. The number of nitrogens with zero attached hydrogens (tertiary/aromatic N) is 1. The number of halogens is 1. The summed E-state index contributed by atoms with van der Waals surface area (Å²) < 4.78 is 1.42. The van der Waals surface area contributed by atoms with E-state index in [9.17, 15) is 9.59 Å². The molecule has 0 fully saturated rings. The molecule has 5 nitrogen and oxygen atoms in total. The highest BCUT2D eigenvalue weighted by molar-refractivity contribution is 6.33. The molecule has 0 aliphatic heterocycles. The largest absolute Gasteiger partial charge is 0.382 e. The van der Waals surface area contributed by atoms with Gasteiger partial charge in [0.15, 0.2) is 0 Å². The monoisotopic (exact) mass is 265 g/mol. The maximum atomic E-state index is 11.4. The summed E-state index contributed by atoms with van der Waals surface area (Å²) in [5.74, 6) is 0. The number of aromatic nitrogens is 2. The Balaban J connectivity index is 1.99. The van der Waals surface area contributed by atoms with Gasteiger partial charge in [0.25, 0.3) is 5.56 Å². The number of para-hydroxylation sites is 1. The molecule has 0 unspecified atom stereocenters. The molecule has 0 saturated carbocycles. The third-order valence-corrected chi connectivity index (χ3v) is 2.77. The van der Waals surface area contributed by atoms with Crippen molar-refractivity contribution >= 4 is 17.3 Å². The first-order chi connectivity index (χ1) is 8.66. The molecule has 6 heteroatoms. The van der Waals surface area contributed by atoms with Crippen molar-refractivity contribution in [3.8, 4) is 0 Å². The van der Waals surface area contributed by atoms with Crippen LogP contribution in [0.3, 0.4) is 0 Å². The Labute approximate surface area is 108 Å². The highest BCUT2D eigenvalue weighted by Crippen LogP contribution is 2.19. The summed E-state index contributed by atoms with van der Waals surface area (Å²) in [6, 6.07) is 8.69. The topological polar surface area (TPSA) is 66.9 Å². The molecule has 0 aliphatic rings. The summed E-state index contributed by atoms with van der Waals surface area (Å²) in [7, 11) is 0. The van der Waals surface area contributed by atoms with Crippen LogP contribution < -0.4 is 16.6 Å². The number of benzene rings is 1. The van der Waals surface area contributed by atoms with Crippen LogP contribution >= 0.6 is 11.6 Å². The van der Waals surface area contributed by atoms with Gasteiger partial charge in [0.2, 0.25) is 0 Å². The minimum absolute atomic E-state index is 0.393. The van der Waals surface area contributed by atoms with E-state index in [2.05, 4.69) is 10.3 Å². The second-order valence-corrected chi connectivity index (χ2v) is 4.12. The van der Waals surface area contributed by atoms with Crippen LogP contribution in [-0.4, -0.2) is 16.1 Å². The Hall–Kier alpha value is -2.01. The van der Waals surface area contributed by atoms with Crippen molar-refractivity contribution in [2.45, 2.75) is 6.54 Å². The van der Waals surface area contributed by atoms with Gasteiger partial charge in [0, 0.05) is 25.4 Å². The average molecular weight is 266 g/mol. The summed E-state index contributed by atoms with van der Waals surface area (Å²) in [6.45, 7) is 0.983. The van der Waals surface area contributed by atoms with E-state index in [1.807, 2.05) is 18.2 Å². The van der Waals surface area contributed by atoms with E-state index in [1.165, 1.54) is 16.8 Å². The Morgan fingerprint density at radius 3 is 2.72 bits per heavy atom. The van der Waals surface area contributed by atoms with Gasteiger partial charge in [-0.3, -0.25) is 14.3 Å². The van der Waals surface area contributed by atoms with Crippen molar-refractivity contribution in [2.75, 3.05) is 11.9 Å². The first-order valence-corrected chi connectivity index (χ1v) is 5.83. The molecule has 2 aromatic rings. The van der Waals surface area contributed by atoms with Gasteiger partial charge in [-0.25, -0.2) is 4.79 Å². The van der Waals surface area contributed by atoms with Gasteiger partial charge in [0.1, 0.15) is 0 Å². The second kappa shape index (κ2) is 5.55. The zero-order valence-corrected chi connectivity index (χ0v) is 10.3. The lowest BCUT2D eigenvalue weighted by Gasteiger charge is -2.09. The van der Waals surface area contributed by atoms with Gasteiger partial charge in [-0.1, -0.05) is 23.7 Å². The zero-order chi connectivity index (χ0) is 13.0. The quantitative estimate of drug-likeness (QED) is 0.876. The number of rotatable bonds is 4. The fourth-order valence-corrected chi connectivity index (χ4v) is 1.74. The van der Waals surface area contributed by atoms with E-state index in [0.29, 0.717) is 18.1 Å². The van der Waals surface area contributed by atoms with Gasteiger partial charge in [-0.2, -0.15) is 0 Å². The predicted octanol–water partition coefficient (Wildman–Crippen LogP) is 1.30. The van der Waals surface area contributed by atoms with E-state index >= 15 is 0 Å². The van der Waals surface area contributed by atoms with Crippen LogP contribution in [0.2, 0.25) is 5.02 Å². The molecule has 94 valence electrons. The number of H-pyrrole nitrogens is 1. The summed E-state index contributed by atoms with van der Waals surface area (Å²) in [6.07, 6.45) is 1.47. The van der Waals surface area contributed by atoms with Gasteiger partial charge in [-0.15, -0.1) is 0 Å². The van der Waals surface area contributed by atoms with E-state index in [1.54, 1.807) is 6.07 Å². The minimum atomic E-state index is -0.413. The number of aromatic amines is 1. The molecule has 2 rings (SSSR count). The van der Waals surface area contributed by atoms with Crippen molar-refractivity contribution in [3.63, 3.8) is 0 Å². The summed E-state index contributed by atoms with van der Waals surface area (Å²) >= 11 is 5.98. The van der Waals surface area contributed by atoms with Crippen molar-refractivity contribution in [2.24, 2.45) is 0 Å². The van der Waals surface area contributed by atoms with Crippen molar-refractivity contribution in [3.05, 3.63) is 62.4 Å². The summed E-state index contributed by atoms with van der Waals surface area (Å²) in [5, 5.41) is 3.75. The van der Waals surface area contributed by atoms with E-state index in [0.717, 1.165) is 5.69 Å². The smallest absolute Gasteiger partial charge is 0.328 e. The van der Waals surface area contributed by atoms with Crippen molar-refractivity contribution in [1.82, 2.24) is 9.55 Å². The van der Waals surface area contributed by atoms with Gasteiger partial charge >= 0.3 is 5.69 Å². The van der Waals surface area contributed by atoms with Crippen LogP contribution in [0.25, 0.3) is 0 Å². The standard InChI is InChI=1S/C12H12ClN3O2/c13-9-3-1-2-4-10(9)14-6-8-16-7-5-11(17)15-12(16)18/h1-5,7,14H,6,8H2,(H,15,17,18). The molecule has 0 amide bonds. The van der Waals surface area contributed by atoms with Crippen LogP contribution in [0.1, 0.15) is 0 Å². The molecular weight excluding hydrogens is 254 g/mol. The van der Waals surface area contributed by atoms with Crippen LogP contribution in [0.5, 0.6) is 0 Å². The first-order valence-electron chi connectivity index (χ1n) is 5.45. The molecule has 0 radical (unpaired) electrons. The van der Waals surface area contributed by atoms with Gasteiger partial charge < -0.3 is 5.32 Å². The normalized spacial score (nSPS) is 10.3. The molecule has 18 heavy (non-hydrogen) atoms. The Morgan fingerprint density at radius 2 is 2.00 bits per heavy atom. The fourth-order valence-electron chi connectivity index (χ4n) is 1.54. The van der Waals surface area contributed by atoms with E-state index in [-0.39, 0.29) is 0 Å². The third kappa shape index (κ3) is 3.01. The first kappa shape index (κ1) is 12.4. The predicted molar refractivity (Wildman–Crippen MR) is 71.3 cm³/mol. The molecule has 0 bridgehead atoms. The molecular formula is C12H12ClN3O2. The molecule has 2 N–H and O–H groups in total. The molecule has 0 spiro atoms. The SMILES string of the molecule is O=c1ccn(CCNc2ccccc2Cl)c(=O)[nH]1. The summed E-state index contributed by atoms with van der Waals surface area (Å²) in [5.41, 5.74) is 0.00964. The van der Waals surface area contributed by atoms with E-state index < -0.39 is 11.2 Å². The van der Waals surface area contributed by atoms with Crippen LogP contribution in [-0.2, 0) is 6.54 Å². The average Bonchev–Trinajstić information content (AvgIpc) is 2.34. The number of nitrogens with one attached hydrogen (secondary N) is 2. The molecule has 0 atom stereocenters. The van der Waals surface area contributed by atoms with Crippen LogP contribution in [0, 0.1) is 0 Å². The Bertz CT molecular complexity index is 648. The summed E-state index contributed by atoms with van der Waals surface area (Å²) in [4.78, 5) is 24.5. The Kier molecular flexibility index (Phi) is 3.84. The second-order valence-electron chi connectivity index (χ2n) is 3.71. The van der Waals surface area contributed by atoms with Crippen LogP contribution in [0.15, 0.2) is 46.1 Å². The minimum Gasteiger partial charge on any atom is -0.382 e. The lowest BCUT2D eigenvalue weighted by Crippen LogP contribution is -2.30. The molecule has 0 aliphatic carbocycles. The highest BCUT2D eigenvalue weighted by Gasteiger charge is 1.99. The highest BCUT2D eigenvalue weighted by atomic mass is 35.5. The third-order valence-electron chi connectivity index (χ3n) is 2.44. The van der Waals surface area contributed by atoms with Crippen molar-refractivity contribution < 1.29 is 0 Å². The van der Waals surface area contributed by atoms with Gasteiger partial charge in [-0.05, 0) is 12.1 Å². The van der Waals surface area contributed by atoms with E-state index in [4.69, 9.17) is 11.6 Å². The fraction of sp³-hybridized carbons (Fsp3) is 0.167. The maximum absolute atomic E-state index is 11.4. The zero-order valence-electron chi connectivity index (χ0n) is 9.52. The van der Waals surface area contributed by atoms with Gasteiger partial charge in [0.05, 0.1) is 10.7 Å². The molecule has 1 heterocycles. The number of anilines is 1. The molecule has 0 saturated heterocycles. The lowest BCUT2D eigenvalue weighted by molar-refractivity contribution is 0.669. The molecule has 1 aromatic carbocycles.